The third-order valence-corrected chi connectivity index (χ3v) is 4.86. The van der Waals surface area contributed by atoms with Gasteiger partial charge >= 0.3 is 6.18 Å². The first-order valence-corrected chi connectivity index (χ1v) is 7.87. The highest BCUT2D eigenvalue weighted by Gasteiger charge is 2.41. The maximum absolute atomic E-state index is 13.4. The number of hydrogen-bond acceptors (Lipinski definition) is 3. The summed E-state index contributed by atoms with van der Waals surface area (Å²) in [4.78, 5) is 8.49. The molecule has 128 valence electrons. The van der Waals surface area contributed by atoms with Gasteiger partial charge in [-0.3, -0.25) is 0 Å². The van der Waals surface area contributed by atoms with E-state index < -0.39 is 17.4 Å². The SMILES string of the molecule is Cc1[nH]c2c(N3CCC(C)(C)C3)c(C#N)c(C(F)(F)F)nc2c1Cl. The van der Waals surface area contributed by atoms with Crippen molar-refractivity contribution in [2.45, 2.75) is 33.4 Å². The van der Waals surface area contributed by atoms with Crippen LogP contribution in [0.4, 0.5) is 18.9 Å². The van der Waals surface area contributed by atoms with Crippen molar-refractivity contribution in [2.24, 2.45) is 5.41 Å². The smallest absolute Gasteiger partial charge is 0.368 e. The molecule has 0 radical (unpaired) electrons. The van der Waals surface area contributed by atoms with Crippen molar-refractivity contribution >= 4 is 28.3 Å². The van der Waals surface area contributed by atoms with Crippen LogP contribution in [-0.2, 0) is 6.18 Å². The molecule has 0 bridgehead atoms. The third kappa shape index (κ3) is 2.59. The van der Waals surface area contributed by atoms with Crippen molar-refractivity contribution in [1.82, 2.24) is 9.97 Å². The molecule has 3 rings (SSSR count). The summed E-state index contributed by atoms with van der Waals surface area (Å²) in [6, 6.07) is 1.71. The number of nitriles is 1. The summed E-state index contributed by atoms with van der Waals surface area (Å²) < 4.78 is 40.3. The zero-order valence-electron chi connectivity index (χ0n) is 13.5. The normalized spacial score (nSPS) is 17.5. The number of hydrogen-bond donors (Lipinski definition) is 1. The molecule has 1 aliphatic heterocycles. The fourth-order valence-electron chi connectivity index (χ4n) is 3.20. The second-order valence-corrected chi connectivity index (χ2v) is 7.29. The maximum atomic E-state index is 13.4. The van der Waals surface area contributed by atoms with Gasteiger partial charge in [0.2, 0.25) is 0 Å². The van der Waals surface area contributed by atoms with Crippen LogP contribution in [0.15, 0.2) is 0 Å². The number of fused-ring (bicyclic) bond motifs is 1. The van der Waals surface area contributed by atoms with E-state index in [0.29, 0.717) is 24.3 Å². The number of aryl methyl sites for hydroxylation is 1. The summed E-state index contributed by atoms with van der Waals surface area (Å²) in [7, 11) is 0. The van der Waals surface area contributed by atoms with Crippen LogP contribution in [0.1, 0.15) is 37.2 Å². The molecule has 0 spiro atoms. The van der Waals surface area contributed by atoms with Crippen LogP contribution in [0.5, 0.6) is 0 Å². The molecule has 2 aromatic heterocycles. The van der Waals surface area contributed by atoms with Crippen LogP contribution in [-0.4, -0.2) is 23.1 Å². The molecule has 0 amide bonds. The van der Waals surface area contributed by atoms with E-state index in [2.05, 4.69) is 23.8 Å². The number of halogens is 4. The molecule has 1 N–H and O–H groups in total. The zero-order chi connectivity index (χ0) is 17.9. The second kappa shape index (κ2) is 5.28. The van der Waals surface area contributed by atoms with Gasteiger partial charge in [0.05, 0.1) is 16.2 Å². The van der Waals surface area contributed by atoms with Crippen molar-refractivity contribution in [2.75, 3.05) is 18.0 Å². The Morgan fingerprint density at radius 1 is 1.38 bits per heavy atom. The maximum Gasteiger partial charge on any atom is 0.434 e. The predicted molar refractivity (Wildman–Crippen MR) is 86.2 cm³/mol. The van der Waals surface area contributed by atoms with Gasteiger partial charge in [-0.25, -0.2) is 4.98 Å². The summed E-state index contributed by atoms with van der Waals surface area (Å²) in [6.45, 7) is 6.91. The summed E-state index contributed by atoms with van der Waals surface area (Å²) in [6.07, 6.45) is -3.89. The van der Waals surface area contributed by atoms with Crippen LogP contribution >= 0.6 is 11.6 Å². The number of nitrogens with zero attached hydrogens (tertiary/aromatic N) is 3. The Balaban J connectivity index is 2.37. The Morgan fingerprint density at radius 2 is 2.04 bits per heavy atom. The Labute approximate surface area is 142 Å². The van der Waals surface area contributed by atoms with Crippen LogP contribution < -0.4 is 4.90 Å². The number of nitrogens with one attached hydrogen (secondary N) is 1. The number of rotatable bonds is 1. The third-order valence-electron chi connectivity index (χ3n) is 4.39. The highest BCUT2D eigenvalue weighted by atomic mass is 35.5. The van der Waals surface area contributed by atoms with Crippen LogP contribution in [0.25, 0.3) is 11.0 Å². The lowest BCUT2D eigenvalue weighted by Crippen LogP contribution is -2.25. The predicted octanol–water partition coefficient (Wildman–Crippen LogP) is 4.65. The van der Waals surface area contributed by atoms with E-state index in [4.69, 9.17) is 11.6 Å². The van der Waals surface area contributed by atoms with Crippen molar-refractivity contribution in [3.63, 3.8) is 0 Å². The molecule has 8 heteroatoms. The molecule has 1 fully saturated rings. The van der Waals surface area contributed by atoms with Gasteiger partial charge in [-0.2, -0.15) is 18.4 Å². The lowest BCUT2D eigenvalue weighted by Gasteiger charge is -2.24. The zero-order valence-corrected chi connectivity index (χ0v) is 14.2. The summed E-state index contributed by atoms with van der Waals surface area (Å²) in [5.41, 5.74) is -0.451. The van der Waals surface area contributed by atoms with Crippen LogP contribution in [0.2, 0.25) is 5.02 Å². The molecule has 0 aromatic carbocycles. The monoisotopic (exact) mass is 356 g/mol. The van der Waals surface area contributed by atoms with E-state index in [1.54, 1.807) is 13.0 Å². The number of aromatic amines is 1. The van der Waals surface area contributed by atoms with Gasteiger partial charge < -0.3 is 9.88 Å². The second-order valence-electron chi connectivity index (χ2n) is 6.92. The quantitative estimate of drug-likeness (QED) is 0.809. The average molecular weight is 357 g/mol. The summed E-state index contributed by atoms with van der Waals surface area (Å²) >= 11 is 6.13. The Bertz CT molecular complexity index is 861. The highest BCUT2D eigenvalue weighted by molar-refractivity contribution is 6.36. The number of aromatic nitrogens is 2. The number of alkyl halides is 3. The Hall–Kier alpha value is -1.94. The molecule has 3 heterocycles. The molecular weight excluding hydrogens is 341 g/mol. The molecule has 2 aromatic rings. The largest absolute Gasteiger partial charge is 0.434 e. The van der Waals surface area contributed by atoms with Crippen LogP contribution in [0.3, 0.4) is 0 Å². The minimum atomic E-state index is -4.72. The van der Waals surface area contributed by atoms with Gasteiger partial charge in [-0.15, -0.1) is 0 Å². The molecule has 0 aliphatic carbocycles. The number of pyridine rings is 1. The topological polar surface area (TPSA) is 55.7 Å². The average Bonchev–Trinajstić information content (AvgIpc) is 2.96. The molecule has 0 atom stereocenters. The molecule has 0 saturated carbocycles. The molecule has 1 saturated heterocycles. The molecular formula is C16H16ClF3N4. The minimum absolute atomic E-state index is 0.0356. The lowest BCUT2D eigenvalue weighted by molar-refractivity contribution is -0.141. The van der Waals surface area contributed by atoms with E-state index in [-0.39, 0.29) is 21.6 Å². The standard InChI is InChI=1S/C16H16ClF3N4/c1-8-10(17)11-12(22-8)13(24-5-4-15(2,3)7-24)9(6-21)14(23-11)16(18,19)20/h22H,4-5,7H2,1-3H3. The van der Waals surface area contributed by atoms with Gasteiger partial charge in [0, 0.05) is 18.8 Å². The number of H-pyrrole nitrogens is 1. The van der Waals surface area contributed by atoms with E-state index in [1.165, 1.54) is 0 Å². The molecule has 24 heavy (non-hydrogen) atoms. The van der Waals surface area contributed by atoms with Crippen molar-refractivity contribution < 1.29 is 13.2 Å². The summed E-state index contributed by atoms with van der Waals surface area (Å²) in [5.74, 6) is 0. The first-order chi connectivity index (χ1) is 11.0. The fraction of sp³-hybridized carbons (Fsp3) is 0.500. The minimum Gasteiger partial charge on any atom is -0.368 e. The van der Waals surface area contributed by atoms with Gasteiger partial charge in [0.25, 0.3) is 0 Å². The van der Waals surface area contributed by atoms with E-state index in [1.807, 2.05) is 4.90 Å². The van der Waals surface area contributed by atoms with E-state index in [0.717, 1.165) is 6.42 Å². The molecule has 1 aliphatic rings. The van der Waals surface area contributed by atoms with Crippen molar-refractivity contribution in [3.05, 3.63) is 22.0 Å². The fourth-order valence-corrected chi connectivity index (χ4v) is 3.38. The number of anilines is 1. The van der Waals surface area contributed by atoms with Gasteiger partial charge in [0.15, 0.2) is 5.69 Å². The Morgan fingerprint density at radius 3 is 2.54 bits per heavy atom. The van der Waals surface area contributed by atoms with Gasteiger partial charge in [-0.05, 0) is 18.8 Å². The van der Waals surface area contributed by atoms with Gasteiger partial charge in [-0.1, -0.05) is 25.4 Å². The molecule has 0 unspecified atom stereocenters. The first-order valence-electron chi connectivity index (χ1n) is 7.49. The van der Waals surface area contributed by atoms with Crippen LogP contribution in [0, 0.1) is 23.7 Å². The lowest BCUT2D eigenvalue weighted by atomic mass is 9.93. The Kier molecular flexibility index (Phi) is 3.72. The van der Waals surface area contributed by atoms with E-state index >= 15 is 0 Å². The van der Waals surface area contributed by atoms with Crippen molar-refractivity contribution in [3.8, 4) is 6.07 Å². The first kappa shape index (κ1) is 16.9. The highest BCUT2D eigenvalue weighted by Crippen LogP contribution is 2.43. The summed E-state index contributed by atoms with van der Waals surface area (Å²) in [5, 5.41) is 9.58. The van der Waals surface area contributed by atoms with Gasteiger partial charge in [0.1, 0.15) is 17.1 Å². The molecule has 4 nitrogen and oxygen atoms in total. The van der Waals surface area contributed by atoms with Crippen molar-refractivity contribution in [1.29, 1.82) is 5.26 Å². The van der Waals surface area contributed by atoms with E-state index in [9.17, 15) is 18.4 Å².